The third-order valence-corrected chi connectivity index (χ3v) is 4.76. The number of ketones is 1. The number of nitrogens with zero attached hydrogens (tertiary/aromatic N) is 1. The van der Waals surface area contributed by atoms with E-state index in [-0.39, 0.29) is 17.9 Å². The Morgan fingerprint density at radius 1 is 1.42 bits per heavy atom. The van der Waals surface area contributed by atoms with Gasteiger partial charge in [0.05, 0.1) is 16.3 Å². The number of halogens is 1. The van der Waals surface area contributed by atoms with Gasteiger partial charge in [0.2, 0.25) is 5.78 Å². The fraction of sp³-hybridized carbons (Fsp3) is 0.400. The Balaban J connectivity index is 2.21. The number of nitrogens with two attached hydrogens (primary N) is 1. The molecule has 0 aliphatic rings. The lowest BCUT2D eigenvalue weighted by molar-refractivity contribution is -0.884. The Morgan fingerprint density at radius 3 is 2.71 bits per heavy atom. The van der Waals surface area contributed by atoms with Crippen LogP contribution in [0.5, 0.6) is 0 Å². The normalized spacial score (nSPS) is 12.3. The number of nitrogen functional groups attached to an aromatic ring is 1. The smallest absolute Gasteiger partial charge is 0.329 e. The minimum atomic E-state index is -0.734. The lowest BCUT2D eigenvalue weighted by Crippen LogP contribution is -3.08. The Bertz CT molecular complexity index is 855. The van der Waals surface area contributed by atoms with Crippen LogP contribution in [-0.4, -0.2) is 28.9 Å². The van der Waals surface area contributed by atoms with Crippen LogP contribution in [-0.2, 0) is 13.1 Å². The molecule has 2 rings (SSSR count). The average Bonchev–Trinajstić information content (AvgIpc) is 2.88. The van der Waals surface area contributed by atoms with Gasteiger partial charge in [-0.15, -0.1) is 11.3 Å². The van der Waals surface area contributed by atoms with E-state index in [1.807, 2.05) is 20.0 Å². The lowest BCUT2D eigenvalue weighted by Gasteiger charge is -2.14. The predicted octanol–water partition coefficient (Wildman–Crippen LogP) is 0.141. The molecule has 0 aromatic carbocycles. The first kappa shape index (κ1) is 18.4. The number of likely N-dealkylation sites (N-methyl/N-ethyl adjacent to an activating group) is 1. The van der Waals surface area contributed by atoms with Crippen molar-refractivity contribution in [1.29, 1.82) is 0 Å². The molecule has 24 heavy (non-hydrogen) atoms. The molecule has 0 amide bonds. The Morgan fingerprint density at radius 2 is 2.12 bits per heavy atom. The summed E-state index contributed by atoms with van der Waals surface area (Å²) in [5, 5.41) is 0. The fourth-order valence-electron chi connectivity index (χ4n) is 2.47. The number of aromatic nitrogens is 2. The number of carbonyl (C=O) groups is 1. The molecule has 0 aliphatic carbocycles. The van der Waals surface area contributed by atoms with E-state index in [4.69, 9.17) is 17.3 Å². The monoisotopic (exact) mass is 371 g/mol. The second-order valence-corrected chi connectivity index (χ2v) is 7.41. The van der Waals surface area contributed by atoms with Crippen molar-refractivity contribution in [3.05, 3.63) is 47.7 Å². The molecule has 2 aromatic heterocycles. The van der Waals surface area contributed by atoms with E-state index < -0.39 is 17.0 Å². The number of thiophene rings is 1. The average molecular weight is 372 g/mol. The number of H-pyrrole nitrogens is 1. The van der Waals surface area contributed by atoms with Gasteiger partial charge < -0.3 is 10.6 Å². The molecule has 0 fully saturated rings. The van der Waals surface area contributed by atoms with Crippen LogP contribution in [0.25, 0.3) is 0 Å². The van der Waals surface area contributed by atoms with Gasteiger partial charge in [0.15, 0.2) is 0 Å². The van der Waals surface area contributed by atoms with E-state index in [2.05, 4.69) is 4.98 Å². The first-order valence-corrected chi connectivity index (χ1v) is 8.74. The van der Waals surface area contributed by atoms with Gasteiger partial charge in [-0.25, -0.2) is 4.79 Å². The summed E-state index contributed by atoms with van der Waals surface area (Å²) in [5.41, 5.74) is 4.43. The first-order chi connectivity index (χ1) is 11.3. The number of rotatable bonds is 7. The van der Waals surface area contributed by atoms with Gasteiger partial charge in [0, 0.05) is 6.54 Å². The molecule has 0 saturated carbocycles. The van der Waals surface area contributed by atoms with Gasteiger partial charge in [-0.05, 0) is 18.6 Å². The zero-order chi connectivity index (χ0) is 17.9. The molecule has 2 aromatic rings. The van der Waals surface area contributed by atoms with Crippen molar-refractivity contribution in [1.82, 2.24) is 9.55 Å². The summed E-state index contributed by atoms with van der Waals surface area (Å²) >= 11 is 7.35. The zero-order valence-corrected chi connectivity index (χ0v) is 15.1. The van der Waals surface area contributed by atoms with Crippen molar-refractivity contribution in [2.24, 2.45) is 0 Å². The summed E-state index contributed by atoms with van der Waals surface area (Å²) in [6, 6.07) is 3.71. The van der Waals surface area contributed by atoms with Gasteiger partial charge >= 0.3 is 5.69 Å². The number of anilines is 1. The molecule has 0 saturated heterocycles. The SMILES string of the molecule is CCCn1c(N)c(C(=O)C[NH+](C)Cc2ccc(Cl)s2)c(=O)[nH]c1=O. The molecule has 0 bridgehead atoms. The van der Waals surface area contributed by atoms with E-state index in [0.29, 0.717) is 23.8 Å². The third-order valence-electron chi connectivity index (χ3n) is 3.53. The standard InChI is InChI=1S/C15H19ClN4O3S/c1-3-6-20-13(17)12(14(22)18-15(20)23)10(21)8-19(2)7-9-4-5-11(16)24-9/h4-5H,3,6-8,17H2,1-2H3,(H,18,22,23)/p+1. The maximum Gasteiger partial charge on any atom is 0.329 e. The van der Waals surface area contributed by atoms with Gasteiger partial charge in [0.1, 0.15) is 24.5 Å². The van der Waals surface area contributed by atoms with Crippen molar-refractivity contribution in [3.63, 3.8) is 0 Å². The highest BCUT2D eigenvalue weighted by atomic mass is 35.5. The van der Waals surface area contributed by atoms with Crippen LogP contribution in [0.4, 0.5) is 5.82 Å². The van der Waals surface area contributed by atoms with Crippen LogP contribution in [0.2, 0.25) is 4.34 Å². The number of carbonyl (C=O) groups excluding carboxylic acids is 1. The molecule has 0 aliphatic heterocycles. The third kappa shape index (κ3) is 4.14. The molecule has 9 heteroatoms. The highest BCUT2D eigenvalue weighted by Gasteiger charge is 2.22. The highest BCUT2D eigenvalue weighted by Crippen LogP contribution is 2.20. The molecular weight excluding hydrogens is 352 g/mol. The summed E-state index contributed by atoms with van der Waals surface area (Å²) in [4.78, 5) is 40.4. The molecule has 4 N–H and O–H groups in total. The van der Waals surface area contributed by atoms with Crippen molar-refractivity contribution in [3.8, 4) is 0 Å². The van der Waals surface area contributed by atoms with Crippen LogP contribution in [0, 0.1) is 0 Å². The van der Waals surface area contributed by atoms with E-state index in [0.717, 1.165) is 9.78 Å². The van der Waals surface area contributed by atoms with Gasteiger partial charge in [0.25, 0.3) is 5.56 Å². The number of quaternary nitrogens is 1. The van der Waals surface area contributed by atoms with Crippen LogP contribution in [0.15, 0.2) is 21.7 Å². The second-order valence-electron chi connectivity index (χ2n) is 5.61. The topological polar surface area (TPSA) is 102 Å². The van der Waals surface area contributed by atoms with Gasteiger partial charge in [-0.1, -0.05) is 18.5 Å². The number of nitrogens with one attached hydrogen (secondary N) is 2. The number of aromatic amines is 1. The molecule has 2 heterocycles. The number of Topliss-reactive ketones (excluding diaryl/α,β-unsaturated/α-hetero) is 1. The second kappa shape index (κ2) is 7.78. The fourth-order valence-corrected chi connectivity index (χ4v) is 3.67. The van der Waals surface area contributed by atoms with E-state index in [1.165, 1.54) is 15.9 Å². The van der Waals surface area contributed by atoms with Gasteiger partial charge in [-0.2, -0.15) is 0 Å². The summed E-state index contributed by atoms with van der Waals surface area (Å²) in [6.07, 6.45) is 0.661. The number of hydrogen-bond acceptors (Lipinski definition) is 5. The van der Waals surface area contributed by atoms with E-state index >= 15 is 0 Å². The number of hydrogen-bond donors (Lipinski definition) is 3. The molecule has 130 valence electrons. The minimum Gasteiger partial charge on any atom is -0.384 e. The van der Waals surface area contributed by atoms with Crippen molar-refractivity contribution < 1.29 is 9.69 Å². The molecule has 0 spiro atoms. The molecule has 1 unspecified atom stereocenters. The maximum atomic E-state index is 12.5. The largest absolute Gasteiger partial charge is 0.384 e. The molecular formula is C15H20ClN4O3S+. The minimum absolute atomic E-state index is 0.0671. The Kier molecular flexibility index (Phi) is 5.98. The van der Waals surface area contributed by atoms with E-state index in [1.54, 1.807) is 6.07 Å². The molecule has 1 atom stereocenters. The van der Waals surface area contributed by atoms with Crippen LogP contribution in [0.1, 0.15) is 28.6 Å². The molecule has 0 radical (unpaired) electrons. The molecule has 7 nitrogen and oxygen atoms in total. The van der Waals surface area contributed by atoms with Crippen LogP contribution >= 0.6 is 22.9 Å². The van der Waals surface area contributed by atoms with Gasteiger partial charge in [-0.3, -0.25) is 19.1 Å². The Labute approximate surface area is 147 Å². The summed E-state index contributed by atoms with van der Waals surface area (Å²) in [5.74, 6) is -0.457. The predicted molar refractivity (Wildman–Crippen MR) is 95.1 cm³/mol. The van der Waals surface area contributed by atoms with Crippen LogP contribution in [0.3, 0.4) is 0 Å². The maximum absolute atomic E-state index is 12.5. The quantitative estimate of drug-likeness (QED) is 0.602. The van der Waals surface area contributed by atoms with Crippen LogP contribution < -0.4 is 21.9 Å². The Hall–Kier alpha value is -1.90. The van der Waals surface area contributed by atoms with Crippen molar-refractivity contribution in [2.45, 2.75) is 26.4 Å². The summed E-state index contributed by atoms with van der Waals surface area (Å²) in [7, 11) is 1.85. The first-order valence-electron chi connectivity index (χ1n) is 7.54. The highest BCUT2D eigenvalue weighted by molar-refractivity contribution is 7.16. The van der Waals surface area contributed by atoms with Crippen molar-refractivity contribution >= 4 is 34.5 Å². The summed E-state index contributed by atoms with van der Waals surface area (Å²) in [6.45, 7) is 2.92. The zero-order valence-electron chi connectivity index (χ0n) is 13.5. The van der Waals surface area contributed by atoms with Crippen molar-refractivity contribution in [2.75, 3.05) is 19.3 Å². The van der Waals surface area contributed by atoms with E-state index in [9.17, 15) is 14.4 Å². The lowest BCUT2D eigenvalue weighted by atomic mass is 10.2. The summed E-state index contributed by atoms with van der Waals surface area (Å²) < 4.78 is 1.92.